The molecule has 27 heavy (non-hydrogen) atoms. The highest BCUT2D eigenvalue weighted by molar-refractivity contribution is 7.80. The summed E-state index contributed by atoms with van der Waals surface area (Å²) in [6.07, 6.45) is 0.842. The number of furan rings is 1. The number of rotatable bonds is 4. The van der Waals surface area contributed by atoms with Gasteiger partial charge in [0.15, 0.2) is 5.11 Å². The number of carbonyl (C=O) groups excluding carboxylic acids is 1. The summed E-state index contributed by atoms with van der Waals surface area (Å²) >= 11 is 5.82. The normalized spacial score (nSPS) is 32.0. The van der Waals surface area contributed by atoms with E-state index >= 15 is 0 Å². The number of nitrogens with zero attached hydrogens (tertiary/aromatic N) is 2. The first-order valence-electron chi connectivity index (χ1n) is 9.15. The van der Waals surface area contributed by atoms with Crippen LogP contribution < -0.4 is 0 Å². The number of aliphatic hydroxyl groups is 1. The molecule has 1 N–H and O–H groups in total. The van der Waals surface area contributed by atoms with Crippen LogP contribution in [0.1, 0.15) is 17.7 Å². The minimum Gasteiger partial charge on any atom is -0.467 e. The summed E-state index contributed by atoms with van der Waals surface area (Å²) in [5.41, 5.74) is 1.13. The number of benzene rings is 1. The van der Waals surface area contributed by atoms with Crippen molar-refractivity contribution in [2.24, 2.45) is 5.92 Å². The minimum absolute atomic E-state index is 0.110. The second-order valence-electron chi connectivity index (χ2n) is 7.40. The first-order chi connectivity index (χ1) is 13.1. The molecule has 4 aliphatic rings. The van der Waals surface area contributed by atoms with Crippen LogP contribution in [0.25, 0.3) is 0 Å². The van der Waals surface area contributed by atoms with Gasteiger partial charge in [0.2, 0.25) is 0 Å². The summed E-state index contributed by atoms with van der Waals surface area (Å²) < 4.78 is 11.1. The quantitative estimate of drug-likeness (QED) is 0.638. The molecule has 1 aromatic heterocycles. The first-order valence-corrected chi connectivity index (χ1v) is 9.56. The molecule has 5 atom stereocenters. The Balaban J connectivity index is 1.52. The van der Waals surface area contributed by atoms with Crippen LogP contribution >= 0.6 is 12.2 Å². The highest BCUT2D eigenvalue weighted by Crippen LogP contribution is 2.45. The zero-order valence-electron chi connectivity index (χ0n) is 14.6. The monoisotopic (exact) mass is 384 g/mol. The molecule has 1 aliphatic carbocycles. The van der Waals surface area contributed by atoms with Crippen molar-refractivity contribution in [1.82, 2.24) is 9.80 Å². The number of hydrogen-bond donors (Lipinski definition) is 1. The van der Waals surface area contributed by atoms with Gasteiger partial charge in [-0.05, 0) is 36.3 Å². The Kier molecular flexibility index (Phi) is 3.94. The summed E-state index contributed by atoms with van der Waals surface area (Å²) in [6, 6.07) is 13.6. The molecule has 6 rings (SSSR count). The summed E-state index contributed by atoms with van der Waals surface area (Å²) in [6.45, 7) is 1.12. The molecule has 0 unspecified atom stereocenters. The maximum absolute atomic E-state index is 12.4. The van der Waals surface area contributed by atoms with Crippen molar-refractivity contribution in [1.29, 1.82) is 0 Å². The van der Waals surface area contributed by atoms with E-state index < -0.39 is 12.2 Å². The Hall–Kier alpha value is -2.38. The van der Waals surface area contributed by atoms with Gasteiger partial charge >= 0.3 is 5.97 Å². The highest BCUT2D eigenvalue weighted by Gasteiger charge is 2.62. The average molecular weight is 384 g/mol. The lowest BCUT2D eigenvalue weighted by atomic mass is 9.74. The van der Waals surface area contributed by atoms with Gasteiger partial charge in [-0.25, -0.2) is 0 Å². The molecule has 7 heteroatoms. The van der Waals surface area contributed by atoms with E-state index in [1.54, 1.807) is 6.26 Å². The molecule has 1 aromatic carbocycles. The molecule has 4 fully saturated rings. The molecule has 4 heterocycles. The van der Waals surface area contributed by atoms with Crippen molar-refractivity contribution in [2.45, 2.75) is 43.8 Å². The number of thiocarbonyl (C=S) groups is 1. The minimum atomic E-state index is -0.654. The summed E-state index contributed by atoms with van der Waals surface area (Å²) in [4.78, 5) is 16.6. The molecule has 2 bridgehead atoms. The van der Waals surface area contributed by atoms with Gasteiger partial charge in [0.25, 0.3) is 0 Å². The number of ether oxygens (including phenoxy) is 1. The standard InChI is InChI=1S/C20H20N2O4S/c23-15-9-14-16-17(18(15)26-19(14)24)21(10-12-5-2-1-3-6-12)20(27)22(16)11-13-7-4-8-25-13/h1-8,14-18,23H,9-11H2/t14-,15+,16+,17+,18-/m0/s1. The number of fused-ring (bicyclic) bond motifs is 2. The maximum atomic E-state index is 12.4. The predicted molar refractivity (Wildman–Crippen MR) is 100 cm³/mol. The van der Waals surface area contributed by atoms with Gasteiger partial charge in [0.05, 0.1) is 36.9 Å². The third kappa shape index (κ3) is 2.64. The number of aliphatic hydroxyl groups excluding tert-OH is 1. The van der Waals surface area contributed by atoms with Crippen molar-refractivity contribution in [3.05, 3.63) is 60.1 Å². The predicted octanol–water partition coefficient (Wildman–Crippen LogP) is 1.93. The fraction of sp³-hybridized carbons (Fsp3) is 0.400. The van der Waals surface area contributed by atoms with E-state index in [9.17, 15) is 9.90 Å². The average Bonchev–Trinajstić information content (AvgIpc) is 3.27. The van der Waals surface area contributed by atoms with Gasteiger partial charge in [-0.2, -0.15) is 0 Å². The van der Waals surface area contributed by atoms with Crippen molar-refractivity contribution in [3.8, 4) is 0 Å². The Morgan fingerprint density at radius 3 is 2.59 bits per heavy atom. The second-order valence-corrected chi connectivity index (χ2v) is 7.76. The number of hydrogen-bond acceptors (Lipinski definition) is 5. The third-order valence-electron chi connectivity index (χ3n) is 5.84. The molecule has 2 aromatic rings. The van der Waals surface area contributed by atoms with E-state index in [2.05, 4.69) is 21.9 Å². The van der Waals surface area contributed by atoms with E-state index in [-0.39, 0.29) is 24.0 Å². The van der Waals surface area contributed by atoms with Gasteiger partial charge in [0.1, 0.15) is 11.9 Å². The zero-order chi connectivity index (χ0) is 18.5. The van der Waals surface area contributed by atoms with Crippen molar-refractivity contribution >= 4 is 23.3 Å². The Labute approximate surface area is 162 Å². The smallest absolute Gasteiger partial charge is 0.311 e. The van der Waals surface area contributed by atoms with Crippen LogP contribution in [0.2, 0.25) is 0 Å². The molecule has 0 spiro atoms. The molecule has 140 valence electrons. The Morgan fingerprint density at radius 1 is 1.07 bits per heavy atom. The van der Waals surface area contributed by atoms with Crippen LogP contribution in [0.15, 0.2) is 53.1 Å². The van der Waals surface area contributed by atoms with E-state index in [0.717, 1.165) is 11.3 Å². The third-order valence-corrected chi connectivity index (χ3v) is 6.31. The largest absolute Gasteiger partial charge is 0.467 e. The van der Waals surface area contributed by atoms with Crippen LogP contribution in [-0.4, -0.2) is 50.3 Å². The highest BCUT2D eigenvalue weighted by atomic mass is 32.1. The molecule has 0 amide bonds. The lowest BCUT2D eigenvalue weighted by Crippen LogP contribution is -2.66. The van der Waals surface area contributed by atoms with E-state index in [1.165, 1.54) is 0 Å². The Bertz CT molecular complexity index is 856. The van der Waals surface area contributed by atoms with Gasteiger partial charge in [-0.15, -0.1) is 0 Å². The summed E-state index contributed by atoms with van der Waals surface area (Å²) in [5.74, 6) is 0.178. The lowest BCUT2D eigenvalue weighted by Gasteiger charge is -2.49. The van der Waals surface area contributed by atoms with Crippen LogP contribution in [-0.2, 0) is 22.6 Å². The van der Waals surface area contributed by atoms with Crippen LogP contribution in [0.5, 0.6) is 0 Å². The van der Waals surface area contributed by atoms with Crippen molar-refractivity contribution in [2.75, 3.05) is 0 Å². The van der Waals surface area contributed by atoms with Crippen LogP contribution in [0.4, 0.5) is 0 Å². The van der Waals surface area contributed by atoms with Gasteiger partial charge in [0, 0.05) is 6.54 Å². The summed E-state index contributed by atoms with van der Waals surface area (Å²) in [5, 5.41) is 11.2. The van der Waals surface area contributed by atoms with E-state index in [4.69, 9.17) is 21.4 Å². The van der Waals surface area contributed by atoms with Crippen LogP contribution in [0, 0.1) is 5.92 Å². The van der Waals surface area contributed by atoms with Gasteiger partial charge < -0.3 is 24.1 Å². The van der Waals surface area contributed by atoms with Gasteiger partial charge in [-0.1, -0.05) is 30.3 Å². The number of carbonyl (C=O) groups is 1. The van der Waals surface area contributed by atoms with Crippen LogP contribution in [0.3, 0.4) is 0 Å². The SMILES string of the molecule is O=C1O[C@@H]2[C@H]3[C@@H]([C@@H]1C[C@H]2O)N(Cc1ccco1)C(=S)N3Cc1ccccc1. The van der Waals surface area contributed by atoms with E-state index in [1.807, 2.05) is 30.3 Å². The fourth-order valence-electron chi connectivity index (χ4n) is 4.68. The molecule has 3 aliphatic heterocycles. The molecule has 1 saturated carbocycles. The fourth-order valence-corrected chi connectivity index (χ4v) is 5.05. The molecular weight excluding hydrogens is 364 g/mol. The second kappa shape index (κ2) is 6.35. The summed E-state index contributed by atoms with van der Waals surface area (Å²) in [7, 11) is 0. The zero-order valence-corrected chi connectivity index (χ0v) is 15.4. The van der Waals surface area contributed by atoms with Gasteiger partial charge in [-0.3, -0.25) is 4.79 Å². The van der Waals surface area contributed by atoms with Crippen molar-refractivity contribution in [3.63, 3.8) is 0 Å². The molecule has 6 nitrogen and oxygen atoms in total. The topological polar surface area (TPSA) is 66.2 Å². The molecule has 3 saturated heterocycles. The van der Waals surface area contributed by atoms with E-state index in [0.29, 0.717) is 24.6 Å². The Morgan fingerprint density at radius 2 is 1.85 bits per heavy atom. The maximum Gasteiger partial charge on any atom is 0.311 e. The molecular formula is C20H20N2O4S. The molecule has 0 radical (unpaired) electrons. The number of esters is 1. The van der Waals surface area contributed by atoms with Crippen molar-refractivity contribution < 1.29 is 19.1 Å². The first kappa shape index (κ1) is 16.8. The lowest BCUT2D eigenvalue weighted by molar-refractivity contribution is -0.199.